The number of pyridine rings is 1. The van der Waals surface area contributed by atoms with Gasteiger partial charge in [0.2, 0.25) is 0 Å². The monoisotopic (exact) mass is 239 g/mol. The van der Waals surface area contributed by atoms with Gasteiger partial charge < -0.3 is 10.6 Å². The van der Waals surface area contributed by atoms with Crippen LogP contribution in [0.4, 0.5) is 5.69 Å². The third-order valence-corrected chi connectivity index (χ3v) is 3.39. The van der Waals surface area contributed by atoms with Crippen LogP contribution in [0.3, 0.4) is 0 Å². The first kappa shape index (κ1) is 11.2. The predicted molar refractivity (Wildman–Crippen MR) is 73.6 cm³/mol. The molecule has 0 spiro atoms. The van der Waals surface area contributed by atoms with Gasteiger partial charge in [0.05, 0.1) is 5.69 Å². The summed E-state index contributed by atoms with van der Waals surface area (Å²) in [6.45, 7) is 1.94. The minimum atomic E-state index is 0.384. The number of fused-ring (bicyclic) bond motifs is 1. The minimum absolute atomic E-state index is 0.384. The molecule has 3 nitrogen and oxygen atoms in total. The highest BCUT2D eigenvalue weighted by atomic mass is 15.0. The molecule has 0 bridgehead atoms. The van der Waals surface area contributed by atoms with Gasteiger partial charge in [-0.1, -0.05) is 24.3 Å². The van der Waals surface area contributed by atoms with Gasteiger partial charge in [0.15, 0.2) is 0 Å². The van der Waals surface area contributed by atoms with Crippen molar-refractivity contribution in [3.63, 3.8) is 0 Å². The molecule has 0 saturated heterocycles. The van der Waals surface area contributed by atoms with Crippen molar-refractivity contribution >= 4 is 5.69 Å². The van der Waals surface area contributed by atoms with Crippen LogP contribution < -0.4 is 10.6 Å². The average Bonchev–Trinajstić information content (AvgIpc) is 2.46. The van der Waals surface area contributed by atoms with E-state index < -0.39 is 0 Å². The molecule has 2 N–H and O–H groups in total. The number of nitrogens with zero attached hydrogens (tertiary/aromatic N) is 1. The van der Waals surface area contributed by atoms with Gasteiger partial charge >= 0.3 is 0 Å². The first-order valence-corrected chi connectivity index (χ1v) is 6.38. The van der Waals surface area contributed by atoms with Crippen molar-refractivity contribution in [3.8, 4) is 0 Å². The highest BCUT2D eigenvalue weighted by Crippen LogP contribution is 2.22. The van der Waals surface area contributed by atoms with E-state index in [4.69, 9.17) is 0 Å². The van der Waals surface area contributed by atoms with Crippen LogP contribution in [0.2, 0.25) is 0 Å². The van der Waals surface area contributed by atoms with Crippen LogP contribution in [0, 0.1) is 0 Å². The zero-order valence-corrected chi connectivity index (χ0v) is 10.3. The molecular formula is C15H17N3. The second kappa shape index (κ2) is 5.19. The van der Waals surface area contributed by atoms with Crippen molar-refractivity contribution in [2.45, 2.75) is 12.5 Å². The summed E-state index contributed by atoms with van der Waals surface area (Å²) >= 11 is 0. The molecule has 92 valence electrons. The van der Waals surface area contributed by atoms with Crippen molar-refractivity contribution in [2.24, 2.45) is 0 Å². The Hall–Kier alpha value is -1.87. The lowest BCUT2D eigenvalue weighted by molar-refractivity contribution is 0.523. The van der Waals surface area contributed by atoms with E-state index in [1.165, 1.54) is 11.1 Å². The molecule has 0 fully saturated rings. The van der Waals surface area contributed by atoms with Crippen molar-refractivity contribution < 1.29 is 0 Å². The zero-order valence-electron chi connectivity index (χ0n) is 10.3. The van der Waals surface area contributed by atoms with Gasteiger partial charge in [-0.3, -0.25) is 4.98 Å². The van der Waals surface area contributed by atoms with Gasteiger partial charge in [-0.05, 0) is 36.2 Å². The maximum absolute atomic E-state index is 4.11. The van der Waals surface area contributed by atoms with E-state index in [1.807, 2.05) is 18.3 Å². The fourth-order valence-electron chi connectivity index (χ4n) is 2.46. The smallest absolute Gasteiger partial charge is 0.0527 e. The zero-order chi connectivity index (χ0) is 12.2. The molecule has 0 saturated carbocycles. The molecule has 2 heterocycles. The van der Waals surface area contributed by atoms with Crippen molar-refractivity contribution in [3.05, 3.63) is 59.9 Å². The molecule has 1 aromatic carbocycles. The summed E-state index contributed by atoms with van der Waals surface area (Å²) in [7, 11) is 0. The largest absolute Gasteiger partial charge is 0.382 e. The van der Waals surface area contributed by atoms with Crippen molar-refractivity contribution in [1.29, 1.82) is 0 Å². The van der Waals surface area contributed by atoms with E-state index in [-0.39, 0.29) is 0 Å². The van der Waals surface area contributed by atoms with E-state index >= 15 is 0 Å². The molecule has 3 heteroatoms. The quantitative estimate of drug-likeness (QED) is 0.863. The van der Waals surface area contributed by atoms with Crippen molar-refractivity contribution in [2.75, 3.05) is 18.4 Å². The number of aromatic nitrogens is 1. The van der Waals surface area contributed by atoms with E-state index in [9.17, 15) is 0 Å². The van der Waals surface area contributed by atoms with Gasteiger partial charge in [-0.25, -0.2) is 0 Å². The number of rotatable bonds is 3. The second-order valence-corrected chi connectivity index (χ2v) is 4.58. The molecule has 1 aliphatic rings. The minimum Gasteiger partial charge on any atom is -0.382 e. The van der Waals surface area contributed by atoms with E-state index in [2.05, 4.69) is 39.9 Å². The predicted octanol–water partition coefficient (Wildman–Crippen LogP) is 2.38. The molecule has 3 rings (SSSR count). The van der Waals surface area contributed by atoms with Crippen LogP contribution >= 0.6 is 0 Å². The Balaban J connectivity index is 1.71. The van der Waals surface area contributed by atoms with Gasteiger partial charge in [0.25, 0.3) is 0 Å². The van der Waals surface area contributed by atoms with E-state index in [0.29, 0.717) is 6.04 Å². The third kappa shape index (κ3) is 2.36. The summed E-state index contributed by atoms with van der Waals surface area (Å²) in [6.07, 6.45) is 4.77. The normalized spacial score (nSPS) is 18.1. The lowest BCUT2D eigenvalue weighted by Gasteiger charge is -2.27. The van der Waals surface area contributed by atoms with Crippen LogP contribution in [0.25, 0.3) is 0 Å². The molecule has 2 aromatic rings. The molecule has 0 aliphatic carbocycles. The Bertz CT molecular complexity index is 510. The molecule has 1 aliphatic heterocycles. The SMILES string of the molecule is c1cncc(NCC2NCCc3ccccc32)c1. The molecule has 1 unspecified atom stereocenters. The Morgan fingerprint density at radius 1 is 1.22 bits per heavy atom. The Morgan fingerprint density at radius 3 is 3.06 bits per heavy atom. The molecule has 18 heavy (non-hydrogen) atoms. The summed E-state index contributed by atoms with van der Waals surface area (Å²) in [5, 5.41) is 6.99. The number of hydrogen-bond donors (Lipinski definition) is 2. The first-order chi connectivity index (χ1) is 8.93. The number of hydrogen-bond acceptors (Lipinski definition) is 3. The lowest BCUT2D eigenvalue weighted by Crippen LogP contribution is -2.34. The number of benzene rings is 1. The fraction of sp³-hybridized carbons (Fsp3) is 0.267. The fourth-order valence-corrected chi connectivity index (χ4v) is 2.46. The molecular weight excluding hydrogens is 222 g/mol. The Morgan fingerprint density at radius 2 is 2.17 bits per heavy atom. The van der Waals surface area contributed by atoms with E-state index in [1.54, 1.807) is 6.20 Å². The standard InChI is InChI=1S/C15H17N3/c1-2-6-14-12(4-1)7-9-17-15(14)11-18-13-5-3-8-16-10-13/h1-6,8,10,15,17-18H,7,9,11H2. The Labute approximate surface area is 107 Å². The summed E-state index contributed by atoms with van der Waals surface area (Å²) < 4.78 is 0. The average molecular weight is 239 g/mol. The maximum atomic E-state index is 4.11. The number of nitrogens with one attached hydrogen (secondary N) is 2. The summed E-state index contributed by atoms with van der Waals surface area (Å²) in [6, 6.07) is 13.1. The van der Waals surface area contributed by atoms with Crippen molar-refractivity contribution in [1.82, 2.24) is 10.3 Å². The third-order valence-electron chi connectivity index (χ3n) is 3.39. The number of anilines is 1. The maximum Gasteiger partial charge on any atom is 0.0527 e. The van der Waals surface area contributed by atoms with E-state index in [0.717, 1.165) is 25.2 Å². The first-order valence-electron chi connectivity index (χ1n) is 6.38. The Kier molecular flexibility index (Phi) is 3.24. The molecule has 0 amide bonds. The molecule has 1 atom stereocenters. The van der Waals surface area contributed by atoms with Crippen LogP contribution in [0.5, 0.6) is 0 Å². The molecule has 1 aromatic heterocycles. The second-order valence-electron chi connectivity index (χ2n) is 4.58. The summed E-state index contributed by atoms with van der Waals surface area (Å²) in [5.41, 5.74) is 3.96. The summed E-state index contributed by atoms with van der Waals surface area (Å²) in [5.74, 6) is 0. The van der Waals surface area contributed by atoms with Gasteiger partial charge in [0.1, 0.15) is 0 Å². The van der Waals surface area contributed by atoms with Gasteiger partial charge in [-0.2, -0.15) is 0 Å². The van der Waals surface area contributed by atoms with Gasteiger partial charge in [0, 0.05) is 25.0 Å². The van der Waals surface area contributed by atoms with Crippen LogP contribution in [0.15, 0.2) is 48.8 Å². The lowest BCUT2D eigenvalue weighted by atomic mass is 9.94. The highest BCUT2D eigenvalue weighted by Gasteiger charge is 2.18. The summed E-state index contributed by atoms with van der Waals surface area (Å²) in [4.78, 5) is 4.11. The van der Waals surface area contributed by atoms with Gasteiger partial charge in [-0.15, -0.1) is 0 Å². The topological polar surface area (TPSA) is 37.0 Å². The molecule has 0 radical (unpaired) electrons. The van der Waals surface area contributed by atoms with Crippen LogP contribution in [-0.2, 0) is 6.42 Å². The van der Waals surface area contributed by atoms with Crippen LogP contribution in [0.1, 0.15) is 17.2 Å². The highest BCUT2D eigenvalue weighted by molar-refractivity contribution is 5.41. The van der Waals surface area contributed by atoms with Crippen LogP contribution in [-0.4, -0.2) is 18.1 Å².